The molecule has 2 aromatic carbocycles. The maximum absolute atomic E-state index is 12.1. The molecule has 0 unspecified atom stereocenters. The van der Waals surface area contributed by atoms with Crippen LogP contribution in [-0.2, 0) is 25.6 Å². The first-order valence-corrected chi connectivity index (χ1v) is 9.18. The highest BCUT2D eigenvalue weighted by Crippen LogP contribution is 2.24. The van der Waals surface area contributed by atoms with Crippen molar-refractivity contribution in [2.45, 2.75) is 6.61 Å². The largest absolute Gasteiger partial charge is 0.503 e. The fraction of sp³-hybridized carbons (Fsp3) is 0.318. The molecule has 2 aromatic rings. The van der Waals surface area contributed by atoms with Gasteiger partial charge >= 0.3 is 5.97 Å². The first-order valence-electron chi connectivity index (χ1n) is 9.18. The molecule has 1 aliphatic heterocycles. The molecule has 0 radical (unpaired) electrons. The van der Waals surface area contributed by atoms with E-state index >= 15 is 0 Å². The van der Waals surface area contributed by atoms with Crippen LogP contribution in [-0.4, -0.2) is 46.5 Å². The Bertz CT molecular complexity index is 810. The number of nitrogens with zero attached hydrogens (tertiary/aromatic N) is 1. The minimum atomic E-state index is -0.454. The lowest BCUT2D eigenvalue weighted by molar-refractivity contribution is -0.133. The molecule has 0 aliphatic carbocycles. The van der Waals surface area contributed by atoms with Gasteiger partial charge in [-0.3, -0.25) is 0 Å². The van der Waals surface area contributed by atoms with Gasteiger partial charge in [-0.15, -0.1) is 0 Å². The van der Waals surface area contributed by atoms with E-state index in [-0.39, 0.29) is 0 Å². The standard InChI is InChI=1S/C22H25NO5/c1-25-16-21(22(24)26-2)20-6-4-3-5-17(20)15-28-19-9-7-18(8-10-19)23-11-13-27-14-12-23/h3-10,16H,11-15H2,1-2H3/b21-16+. The van der Waals surface area contributed by atoms with Gasteiger partial charge in [0.2, 0.25) is 0 Å². The predicted molar refractivity (Wildman–Crippen MR) is 107 cm³/mol. The van der Waals surface area contributed by atoms with Crippen LogP contribution in [0.4, 0.5) is 5.69 Å². The third kappa shape index (κ3) is 4.84. The molecular weight excluding hydrogens is 358 g/mol. The second-order valence-corrected chi connectivity index (χ2v) is 6.30. The molecule has 1 fully saturated rings. The third-order valence-corrected chi connectivity index (χ3v) is 4.56. The van der Waals surface area contributed by atoms with Crippen LogP contribution in [0.25, 0.3) is 5.57 Å². The van der Waals surface area contributed by atoms with E-state index in [4.69, 9.17) is 18.9 Å². The first kappa shape index (κ1) is 19.8. The number of hydrogen-bond donors (Lipinski definition) is 0. The van der Waals surface area contributed by atoms with Gasteiger partial charge < -0.3 is 23.8 Å². The van der Waals surface area contributed by atoms with Crippen molar-refractivity contribution in [3.8, 4) is 5.75 Å². The Morgan fingerprint density at radius 2 is 1.79 bits per heavy atom. The molecule has 28 heavy (non-hydrogen) atoms. The summed E-state index contributed by atoms with van der Waals surface area (Å²) in [4.78, 5) is 14.4. The molecule has 0 aromatic heterocycles. The average Bonchev–Trinajstić information content (AvgIpc) is 2.77. The summed E-state index contributed by atoms with van der Waals surface area (Å²) in [6.45, 7) is 3.63. The van der Waals surface area contributed by atoms with Crippen molar-refractivity contribution in [1.82, 2.24) is 0 Å². The summed E-state index contributed by atoms with van der Waals surface area (Å²) in [5.74, 6) is 0.311. The Balaban J connectivity index is 1.71. The Hall–Kier alpha value is -2.99. The van der Waals surface area contributed by atoms with Crippen molar-refractivity contribution in [2.75, 3.05) is 45.4 Å². The van der Waals surface area contributed by atoms with Crippen molar-refractivity contribution < 1.29 is 23.7 Å². The van der Waals surface area contributed by atoms with Crippen LogP contribution >= 0.6 is 0 Å². The number of ether oxygens (including phenoxy) is 4. The van der Waals surface area contributed by atoms with Crippen LogP contribution in [0.2, 0.25) is 0 Å². The Kier molecular flexibility index (Phi) is 6.92. The van der Waals surface area contributed by atoms with Gasteiger partial charge in [-0.2, -0.15) is 0 Å². The quantitative estimate of drug-likeness (QED) is 0.416. The summed E-state index contributed by atoms with van der Waals surface area (Å²) in [6, 6.07) is 15.6. The second kappa shape index (κ2) is 9.80. The normalized spacial score (nSPS) is 14.5. The van der Waals surface area contributed by atoms with Gasteiger partial charge in [0.15, 0.2) is 0 Å². The molecule has 6 nitrogen and oxygen atoms in total. The SMILES string of the molecule is CO/C=C(/C(=O)OC)c1ccccc1COc1ccc(N2CCOCC2)cc1. The number of benzene rings is 2. The molecule has 0 atom stereocenters. The molecule has 1 saturated heterocycles. The van der Waals surface area contributed by atoms with E-state index in [0.29, 0.717) is 12.2 Å². The lowest BCUT2D eigenvalue weighted by Gasteiger charge is -2.28. The summed E-state index contributed by atoms with van der Waals surface area (Å²) in [6.07, 6.45) is 1.39. The van der Waals surface area contributed by atoms with E-state index in [2.05, 4.69) is 17.0 Å². The molecule has 0 N–H and O–H groups in total. The van der Waals surface area contributed by atoms with E-state index in [9.17, 15) is 4.79 Å². The Labute approximate surface area is 165 Å². The second-order valence-electron chi connectivity index (χ2n) is 6.30. The van der Waals surface area contributed by atoms with E-state index in [1.165, 1.54) is 20.5 Å². The van der Waals surface area contributed by atoms with Crippen LogP contribution in [0.5, 0.6) is 5.75 Å². The van der Waals surface area contributed by atoms with Crippen molar-refractivity contribution >= 4 is 17.2 Å². The number of hydrogen-bond acceptors (Lipinski definition) is 6. The fourth-order valence-corrected chi connectivity index (χ4v) is 3.09. The zero-order valence-electron chi connectivity index (χ0n) is 16.2. The minimum Gasteiger partial charge on any atom is -0.503 e. The molecule has 148 valence electrons. The number of anilines is 1. The summed E-state index contributed by atoms with van der Waals surface area (Å²) in [7, 11) is 2.85. The minimum absolute atomic E-state index is 0.325. The van der Waals surface area contributed by atoms with Crippen molar-refractivity contribution in [2.24, 2.45) is 0 Å². The summed E-state index contributed by atoms with van der Waals surface area (Å²) in [5.41, 5.74) is 3.11. The van der Waals surface area contributed by atoms with E-state index in [1.54, 1.807) is 0 Å². The number of carbonyl (C=O) groups is 1. The molecule has 0 bridgehead atoms. The van der Waals surface area contributed by atoms with Gasteiger partial charge in [0, 0.05) is 18.8 Å². The fourth-order valence-electron chi connectivity index (χ4n) is 3.09. The zero-order chi connectivity index (χ0) is 19.8. The summed E-state index contributed by atoms with van der Waals surface area (Å²) >= 11 is 0. The van der Waals surface area contributed by atoms with Crippen molar-refractivity contribution in [3.05, 3.63) is 65.9 Å². The summed E-state index contributed by atoms with van der Waals surface area (Å²) < 4.78 is 21.3. The lowest BCUT2D eigenvalue weighted by atomic mass is 10.0. The molecule has 1 heterocycles. The molecule has 3 rings (SSSR count). The molecule has 6 heteroatoms. The van der Waals surface area contributed by atoms with Crippen molar-refractivity contribution in [1.29, 1.82) is 0 Å². The highest BCUT2D eigenvalue weighted by Gasteiger charge is 2.17. The first-order chi connectivity index (χ1) is 13.7. The molecule has 1 aliphatic rings. The van der Waals surface area contributed by atoms with E-state index in [1.807, 2.05) is 36.4 Å². The third-order valence-electron chi connectivity index (χ3n) is 4.56. The average molecular weight is 383 g/mol. The van der Waals surface area contributed by atoms with Crippen LogP contribution in [0.3, 0.4) is 0 Å². The number of esters is 1. The summed E-state index contributed by atoms with van der Waals surface area (Å²) in [5, 5.41) is 0. The highest BCUT2D eigenvalue weighted by molar-refractivity contribution is 6.16. The van der Waals surface area contributed by atoms with Crippen LogP contribution in [0.1, 0.15) is 11.1 Å². The Morgan fingerprint density at radius 1 is 1.07 bits per heavy atom. The molecule has 0 saturated carbocycles. The Morgan fingerprint density at radius 3 is 2.46 bits per heavy atom. The van der Waals surface area contributed by atoms with E-state index < -0.39 is 5.97 Å². The van der Waals surface area contributed by atoms with Gasteiger partial charge in [0.05, 0.1) is 33.7 Å². The number of morpholine rings is 1. The van der Waals surface area contributed by atoms with Gasteiger partial charge in [-0.05, 0) is 35.4 Å². The maximum atomic E-state index is 12.1. The highest BCUT2D eigenvalue weighted by atomic mass is 16.5. The van der Waals surface area contributed by atoms with E-state index in [0.717, 1.165) is 48.9 Å². The maximum Gasteiger partial charge on any atom is 0.341 e. The zero-order valence-corrected chi connectivity index (χ0v) is 16.2. The molecular formula is C22H25NO5. The number of methoxy groups -OCH3 is 2. The van der Waals surface area contributed by atoms with Gasteiger partial charge in [0.25, 0.3) is 0 Å². The smallest absolute Gasteiger partial charge is 0.341 e. The molecule has 0 amide bonds. The van der Waals surface area contributed by atoms with Crippen molar-refractivity contribution in [3.63, 3.8) is 0 Å². The lowest BCUT2D eigenvalue weighted by Crippen LogP contribution is -2.36. The van der Waals surface area contributed by atoms with Gasteiger partial charge in [-0.25, -0.2) is 4.79 Å². The number of carbonyl (C=O) groups excluding carboxylic acids is 1. The topological polar surface area (TPSA) is 57.2 Å². The predicted octanol–water partition coefficient (Wildman–Crippen LogP) is 3.26. The number of rotatable bonds is 7. The van der Waals surface area contributed by atoms with Gasteiger partial charge in [0.1, 0.15) is 17.9 Å². The monoisotopic (exact) mass is 383 g/mol. The molecule has 0 spiro atoms. The van der Waals surface area contributed by atoms with Crippen LogP contribution in [0.15, 0.2) is 54.8 Å². The van der Waals surface area contributed by atoms with Crippen LogP contribution in [0, 0.1) is 0 Å². The van der Waals surface area contributed by atoms with Gasteiger partial charge in [-0.1, -0.05) is 24.3 Å². The van der Waals surface area contributed by atoms with Crippen LogP contribution < -0.4 is 9.64 Å².